The summed E-state index contributed by atoms with van der Waals surface area (Å²) in [5.74, 6) is -7.05. The summed E-state index contributed by atoms with van der Waals surface area (Å²) in [6, 6.07) is 15.7. The minimum absolute atomic E-state index is 0.0461. The van der Waals surface area contributed by atoms with E-state index in [1.54, 1.807) is 18.5 Å². The lowest BCUT2D eigenvalue weighted by atomic mass is 9.63. The van der Waals surface area contributed by atoms with Gasteiger partial charge in [0.2, 0.25) is 0 Å². The number of aryl methyl sites for hydroxylation is 1. The fourth-order valence-corrected chi connectivity index (χ4v) is 8.93. The van der Waals surface area contributed by atoms with Crippen LogP contribution in [0.5, 0.6) is 17.2 Å². The van der Waals surface area contributed by atoms with Crippen molar-refractivity contribution in [3.8, 4) is 17.2 Å². The topological polar surface area (TPSA) is 246 Å². The van der Waals surface area contributed by atoms with Gasteiger partial charge >= 0.3 is 11.9 Å². The van der Waals surface area contributed by atoms with Gasteiger partial charge in [-0.3, -0.25) is 9.69 Å². The van der Waals surface area contributed by atoms with E-state index in [4.69, 9.17) is 9.47 Å². The van der Waals surface area contributed by atoms with Gasteiger partial charge in [0.1, 0.15) is 30.1 Å². The molecule has 1 amide bonds. The van der Waals surface area contributed by atoms with E-state index in [-0.39, 0.29) is 11.4 Å². The zero-order valence-electron chi connectivity index (χ0n) is 31.9. The highest BCUT2D eigenvalue weighted by atomic mass is 16.8. The maximum atomic E-state index is 14.4. The van der Waals surface area contributed by atoms with E-state index < -0.39 is 77.7 Å². The summed E-state index contributed by atoms with van der Waals surface area (Å²) in [7, 11) is 0. The van der Waals surface area contributed by atoms with Crippen molar-refractivity contribution in [3.63, 3.8) is 0 Å². The summed E-state index contributed by atoms with van der Waals surface area (Å²) in [6.07, 6.45) is 2.37. The second kappa shape index (κ2) is 16.5. The van der Waals surface area contributed by atoms with Gasteiger partial charge in [-0.25, -0.2) is 9.78 Å². The smallest absolute Gasteiger partial charge is 0.355 e. The van der Waals surface area contributed by atoms with Crippen LogP contribution in [0.25, 0.3) is 6.08 Å². The lowest BCUT2D eigenvalue weighted by molar-refractivity contribution is -0.422. The van der Waals surface area contributed by atoms with Crippen molar-refractivity contribution in [2.45, 2.75) is 106 Å². The Bertz CT molecular complexity index is 2150. The third-order valence-corrected chi connectivity index (χ3v) is 11.9. The Balaban J connectivity index is 1.29. The Morgan fingerprint density at radius 2 is 1.74 bits per heavy atom. The number of imidazole rings is 1. The van der Waals surface area contributed by atoms with E-state index >= 15 is 0 Å². The summed E-state index contributed by atoms with van der Waals surface area (Å²) in [5.41, 5.74) is 3.78. The van der Waals surface area contributed by atoms with Crippen molar-refractivity contribution < 1.29 is 59.9 Å². The van der Waals surface area contributed by atoms with Crippen molar-refractivity contribution >= 4 is 23.6 Å². The summed E-state index contributed by atoms with van der Waals surface area (Å²) in [4.78, 5) is 36.4. The van der Waals surface area contributed by atoms with E-state index in [2.05, 4.69) is 9.97 Å². The number of aromatic amines is 1. The Kier molecular flexibility index (Phi) is 11.6. The number of aliphatic hydroxyl groups excluding tert-OH is 4. The first-order valence-corrected chi connectivity index (χ1v) is 19.5. The van der Waals surface area contributed by atoms with Gasteiger partial charge in [0.25, 0.3) is 5.91 Å². The summed E-state index contributed by atoms with van der Waals surface area (Å²) in [6.45, 7) is 1.10. The molecule has 7 rings (SSSR count). The molecule has 3 aliphatic rings. The van der Waals surface area contributed by atoms with Crippen LogP contribution in [-0.4, -0.2) is 106 Å². The second-order valence-electron chi connectivity index (χ2n) is 15.5. The molecule has 0 radical (unpaired) electrons. The zero-order valence-corrected chi connectivity index (χ0v) is 31.9. The van der Waals surface area contributed by atoms with Gasteiger partial charge in [0.05, 0.1) is 24.3 Å². The third kappa shape index (κ3) is 7.68. The number of nitrogens with zero attached hydrogens (tertiary/aromatic N) is 2. The maximum Gasteiger partial charge on any atom is 0.355 e. The number of H-pyrrole nitrogens is 1. The number of phenolic OH excluding ortho intramolecular Hbond substituents is 2. The first-order valence-electron chi connectivity index (χ1n) is 19.5. The minimum Gasteiger partial charge on any atom is -0.508 e. The summed E-state index contributed by atoms with van der Waals surface area (Å²) >= 11 is 0. The van der Waals surface area contributed by atoms with Crippen LogP contribution in [0.3, 0.4) is 0 Å². The Labute approximate surface area is 334 Å². The van der Waals surface area contributed by atoms with Gasteiger partial charge in [-0.1, -0.05) is 62.6 Å². The van der Waals surface area contributed by atoms with Gasteiger partial charge in [-0.2, -0.15) is 0 Å². The van der Waals surface area contributed by atoms with Crippen LogP contribution in [0.4, 0.5) is 5.69 Å². The molecule has 0 unspecified atom stereocenters. The highest BCUT2D eigenvalue weighted by Gasteiger charge is 2.56. The van der Waals surface area contributed by atoms with Crippen molar-refractivity contribution in [1.29, 1.82) is 0 Å². The molecular formula is C43H49N3O12. The van der Waals surface area contributed by atoms with Gasteiger partial charge in [-0.05, 0) is 72.1 Å². The lowest BCUT2D eigenvalue weighted by Gasteiger charge is -2.44. The minimum atomic E-state index is -3.10. The van der Waals surface area contributed by atoms with E-state index in [0.29, 0.717) is 36.0 Å². The second-order valence-corrected chi connectivity index (χ2v) is 15.5. The molecule has 9 N–H and O–H groups in total. The molecule has 58 heavy (non-hydrogen) atoms. The number of anilines is 1. The Morgan fingerprint density at radius 1 is 1.00 bits per heavy atom. The van der Waals surface area contributed by atoms with Crippen molar-refractivity contribution in [2.24, 2.45) is 0 Å². The van der Waals surface area contributed by atoms with E-state index in [1.165, 1.54) is 24.3 Å². The Morgan fingerprint density at radius 3 is 2.43 bits per heavy atom. The van der Waals surface area contributed by atoms with Crippen LogP contribution in [0.2, 0.25) is 0 Å². The van der Waals surface area contributed by atoms with Crippen LogP contribution in [0.15, 0.2) is 73.1 Å². The summed E-state index contributed by atoms with van der Waals surface area (Å²) < 4.78 is 10.9. The predicted molar refractivity (Wildman–Crippen MR) is 209 cm³/mol. The number of benzene rings is 3. The SMILES string of the molecule is CCc1nc[nH]c1Cc1cc(/C=C/C(=O)N2c3cc(O[C@]4(O)O[C@H](CO)[C@@H](O)[C@H](O)[C@H]4O)c(O)cc3[C@@H](CC3(c4ccccc4)CCCCC3)[C@@H]2C(=O)O)ccc1O. The molecule has 7 atom stereocenters. The molecule has 1 aromatic heterocycles. The summed E-state index contributed by atoms with van der Waals surface area (Å²) in [5, 5.41) is 85.4. The standard InChI is InChI=1S/C43H49N3O12/c1-2-29-30(45-23-44-29)18-25-17-24(11-13-32(25)48)12-14-36(50)46-31-20-34(57-43(56)40(53)39(52)38(51)35(22-47)58-43)33(49)19-27(31)28(37(46)41(54)55)21-42(15-7-4-8-16-42)26-9-5-3-6-10-26/h3,5-6,9-14,17,19-20,23,28,35,37-40,47-49,51-53,56H,2,4,7-8,15-16,18,21-22H2,1H3,(H,44,45)(H,54,55)/b14-12+/t28-,35-,37-,38-,39+,40-,43+/m1/s1. The number of hydrogen-bond donors (Lipinski definition) is 9. The molecular weight excluding hydrogens is 750 g/mol. The molecule has 0 bridgehead atoms. The average Bonchev–Trinajstić information content (AvgIpc) is 3.80. The number of aromatic hydroxyl groups is 2. The number of aromatic nitrogens is 2. The predicted octanol–water partition coefficient (Wildman–Crippen LogP) is 3.36. The quantitative estimate of drug-likeness (QED) is 0.0738. The number of fused-ring (bicyclic) bond motifs is 1. The molecule has 2 fully saturated rings. The Hall–Kier alpha value is -5.29. The van der Waals surface area contributed by atoms with E-state index in [9.17, 15) is 50.4 Å². The van der Waals surface area contributed by atoms with Gasteiger partial charge in [0.15, 0.2) is 17.6 Å². The number of aliphatic carboxylic acids is 1. The number of ether oxygens (including phenoxy) is 2. The molecule has 15 heteroatoms. The number of aliphatic hydroxyl groups is 5. The van der Waals surface area contributed by atoms with E-state index in [1.807, 2.05) is 37.3 Å². The van der Waals surface area contributed by atoms with Crippen LogP contribution in [0.1, 0.15) is 85.0 Å². The molecule has 3 aromatic carbocycles. The molecule has 1 saturated carbocycles. The third-order valence-electron chi connectivity index (χ3n) is 11.9. The molecule has 15 nitrogen and oxygen atoms in total. The molecule has 4 aromatic rings. The van der Waals surface area contributed by atoms with Gasteiger partial charge < -0.3 is 55.3 Å². The molecule has 1 saturated heterocycles. The fraction of sp³-hybridized carbons (Fsp3) is 0.419. The molecule has 2 aliphatic heterocycles. The fourth-order valence-electron chi connectivity index (χ4n) is 8.93. The monoisotopic (exact) mass is 799 g/mol. The number of hydrogen-bond acceptors (Lipinski definition) is 12. The molecule has 3 heterocycles. The lowest BCUT2D eigenvalue weighted by Crippen LogP contribution is -2.67. The van der Waals surface area contributed by atoms with Crippen LogP contribution in [-0.2, 0) is 32.6 Å². The average molecular weight is 800 g/mol. The van der Waals surface area contributed by atoms with Crippen LogP contribution in [0, 0.1) is 0 Å². The number of carboxylic acid groups (broad SMARTS) is 1. The highest BCUT2D eigenvalue weighted by Crippen LogP contribution is 2.54. The van der Waals surface area contributed by atoms with E-state index in [0.717, 1.165) is 60.0 Å². The number of rotatable bonds is 12. The first kappa shape index (κ1) is 40.9. The maximum absolute atomic E-state index is 14.4. The largest absolute Gasteiger partial charge is 0.508 e. The number of carbonyl (C=O) groups excluding carboxylic acids is 1. The first-order chi connectivity index (χ1) is 27.8. The van der Waals surface area contributed by atoms with Crippen molar-refractivity contribution in [3.05, 3.63) is 107 Å². The molecule has 0 spiro atoms. The molecule has 1 aliphatic carbocycles. The number of carbonyl (C=O) groups is 2. The number of nitrogens with one attached hydrogen (secondary N) is 1. The van der Waals surface area contributed by atoms with Crippen LogP contribution < -0.4 is 9.64 Å². The number of carboxylic acids is 1. The van der Waals surface area contributed by atoms with Crippen molar-refractivity contribution in [1.82, 2.24) is 9.97 Å². The highest BCUT2D eigenvalue weighted by molar-refractivity contribution is 6.10. The zero-order chi connectivity index (χ0) is 41.4. The number of amides is 1. The normalized spacial score (nSPS) is 26.8. The molecule has 308 valence electrons. The van der Waals surface area contributed by atoms with Crippen molar-refractivity contribution in [2.75, 3.05) is 11.5 Å². The van der Waals surface area contributed by atoms with Gasteiger partial charge in [0, 0.05) is 35.7 Å². The number of phenols is 2. The van der Waals surface area contributed by atoms with Gasteiger partial charge in [-0.15, -0.1) is 0 Å². The van der Waals surface area contributed by atoms with Crippen LogP contribution >= 0.6 is 0 Å².